The van der Waals surface area contributed by atoms with Crippen molar-refractivity contribution in [1.82, 2.24) is 15.5 Å². The summed E-state index contributed by atoms with van der Waals surface area (Å²) in [5.41, 5.74) is 0. The van der Waals surface area contributed by atoms with Gasteiger partial charge in [0.1, 0.15) is 0 Å². The van der Waals surface area contributed by atoms with E-state index < -0.39 is 12.1 Å². The summed E-state index contributed by atoms with van der Waals surface area (Å²) in [6.45, 7) is 1.50. The van der Waals surface area contributed by atoms with Crippen LogP contribution in [0.2, 0.25) is 0 Å². The largest absolute Gasteiger partial charge is 0.471 e. The number of nitrogens with one attached hydrogen (secondary N) is 1. The molecule has 1 aliphatic heterocycles. The summed E-state index contributed by atoms with van der Waals surface area (Å²) in [7, 11) is 0. The lowest BCUT2D eigenvalue weighted by molar-refractivity contribution is -0.159. The van der Waals surface area contributed by atoms with E-state index in [1.165, 1.54) is 0 Å². The van der Waals surface area contributed by atoms with Crippen molar-refractivity contribution in [3.8, 4) is 0 Å². The third-order valence-electron chi connectivity index (χ3n) is 2.35. The fourth-order valence-electron chi connectivity index (χ4n) is 1.59. The number of aromatic nitrogens is 2. The minimum absolute atomic E-state index is 0.0707. The third-order valence-corrected chi connectivity index (χ3v) is 2.35. The van der Waals surface area contributed by atoms with Crippen molar-refractivity contribution in [2.75, 3.05) is 13.1 Å². The van der Waals surface area contributed by atoms with Crippen molar-refractivity contribution < 1.29 is 17.7 Å². The Morgan fingerprint density at radius 1 is 1.40 bits per heavy atom. The second-order valence-corrected chi connectivity index (χ2v) is 3.50. The van der Waals surface area contributed by atoms with Gasteiger partial charge < -0.3 is 9.84 Å². The van der Waals surface area contributed by atoms with Crippen LogP contribution in [-0.2, 0) is 6.18 Å². The Hall–Kier alpha value is -1.11. The van der Waals surface area contributed by atoms with Gasteiger partial charge in [0.05, 0.1) is 0 Å². The van der Waals surface area contributed by atoms with Crippen molar-refractivity contribution in [2.24, 2.45) is 0 Å². The number of halogens is 3. The van der Waals surface area contributed by atoms with Crippen LogP contribution in [0.15, 0.2) is 4.52 Å². The number of piperidine rings is 1. The van der Waals surface area contributed by atoms with E-state index in [1.807, 2.05) is 0 Å². The van der Waals surface area contributed by atoms with Gasteiger partial charge >= 0.3 is 12.1 Å². The first-order chi connectivity index (χ1) is 7.07. The van der Waals surface area contributed by atoms with E-state index in [0.717, 1.165) is 19.4 Å². The standard InChI is InChI=1S/C8H10F3N3O/c9-8(10,11)7-13-6(14-15-7)5-2-1-3-12-4-5/h5,12H,1-4H2/t5-/m1/s1. The van der Waals surface area contributed by atoms with E-state index in [-0.39, 0.29) is 11.7 Å². The summed E-state index contributed by atoms with van der Waals surface area (Å²) in [6, 6.07) is 0. The van der Waals surface area contributed by atoms with E-state index in [0.29, 0.717) is 6.54 Å². The molecule has 1 aromatic rings. The molecule has 0 bridgehead atoms. The normalized spacial score (nSPS) is 23.0. The zero-order valence-corrected chi connectivity index (χ0v) is 7.84. The minimum Gasteiger partial charge on any atom is -0.329 e. The van der Waals surface area contributed by atoms with Crippen LogP contribution in [-0.4, -0.2) is 23.2 Å². The van der Waals surface area contributed by atoms with Gasteiger partial charge in [-0.15, -0.1) is 0 Å². The smallest absolute Gasteiger partial charge is 0.329 e. The molecule has 1 fully saturated rings. The number of hydrogen-bond acceptors (Lipinski definition) is 4. The average molecular weight is 221 g/mol. The van der Waals surface area contributed by atoms with Gasteiger partial charge in [0.15, 0.2) is 5.82 Å². The molecule has 7 heteroatoms. The third kappa shape index (κ3) is 2.28. The molecule has 4 nitrogen and oxygen atoms in total. The molecular weight excluding hydrogens is 211 g/mol. The fourth-order valence-corrected chi connectivity index (χ4v) is 1.59. The molecular formula is C8H10F3N3O. The first kappa shape index (κ1) is 10.4. The van der Waals surface area contributed by atoms with Crippen molar-refractivity contribution in [3.63, 3.8) is 0 Å². The SMILES string of the molecule is FC(F)(F)c1nc([C@@H]2CCCNC2)no1. The highest BCUT2D eigenvalue weighted by Crippen LogP contribution is 2.29. The molecule has 1 aromatic heterocycles. The predicted octanol–water partition coefficient (Wildman–Crippen LogP) is 1.56. The molecule has 0 aliphatic carbocycles. The van der Waals surface area contributed by atoms with E-state index in [2.05, 4.69) is 20.0 Å². The van der Waals surface area contributed by atoms with Gasteiger partial charge in [0.25, 0.3) is 0 Å². The van der Waals surface area contributed by atoms with E-state index in [1.54, 1.807) is 0 Å². The van der Waals surface area contributed by atoms with Crippen LogP contribution in [0.4, 0.5) is 13.2 Å². The van der Waals surface area contributed by atoms with Crippen LogP contribution in [0.1, 0.15) is 30.5 Å². The number of nitrogens with zero attached hydrogens (tertiary/aromatic N) is 2. The molecule has 0 radical (unpaired) electrons. The molecule has 0 unspecified atom stereocenters. The number of rotatable bonds is 1. The molecule has 2 rings (SSSR count). The average Bonchev–Trinajstić information content (AvgIpc) is 2.67. The van der Waals surface area contributed by atoms with Crippen molar-refractivity contribution >= 4 is 0 Å². The predicted molar refractivity (Wildman–Crippen MR) is 44.1 cm³/mol. The van der Waals surface area contributed by atoms with Crippen molar-refractivity contribution in [2.45, 2.75) is 24.9 Å². The summed E-state index contributed by atoms with van der Waals surface area (Å²) >= 11 is 0. The Bertz CT molecular complexity index is 330. The fraction of sp³-hybridized carbons (Fsp3) is 0.750. The zero-order chi connectivity index (χ0) is 10.9. The Kier molecular flexibility index (Phi) is 2.64. The maximum atomic E-state index is 12.2. The Morgan fingerprint density at radius 3 is 2.73 bits per heavy atom. The minimum atomic E-state index is -4.55. The van der Waals surface area contributed by atoms with Gasteiger partial charge in [0, 0.05) is 12.5 Å². The van der Waals surface area contributed by atoms with E-state index in [9.17, 15) is 13.2 Å². The van der Waals surface area contributed by atoms with Crippen LogP contribution in [0, 0.1) is 0 Å². The van der Waals surface area contributed by atoms with Crippen LogP contribution in [0.5, 0.6) is 0 Å². The summed E-state index contributed by atoms with van der Waals surface area (Å²) in [4.78, 5) is 3.36. The summed E-state index contributed by atoms with van der Waals surface area (Å²) in [5.74, 6) is -1.18. The monoisotopic (exact) mass is 221 g/mol. The molecule has 84 valence electrons. The lowest BCUT2D eigenvalue weighted by atomic mass is 9.99. The highest BCUT2D eigenvalue weighted by molar-refractivity contribution is 4.99. The molecule has 1 atom stereocenters. The van der Waals surface area contributed by atoms with Crippen LogP contribution >= 0.6 is 0 Å². The van der Waals surface area contributed by atoms with Gasteiger partial charge in [-0.1, -0.05) is 5.16 Å². The van der Waals surface area contributed by atoms with Crippen LogP contribution in [0.3, 0.4) is 0 Å². The van der Waals surface area contributed by atoms with Crippen LogP contribution < -0.4 is 5.32 Å². The molecule has 0 amide bonds. The number of alkyl halides is 3. The Balaban J connectivity index is 2.12. The molecule has 1 N–H and O–H groups in total. The van der Waals surface area contributed by atoms with Gasteiger partial charge in [0.2, 0.25) is 0 Å². The van der Waals surface area contributed by atoms with Gasteiger partial charge in [-0.2, -0.15) is 18.2 Å². The second-order valence-electron chi connectivity index (χ2n) is 3.50. The molecule has 2 heterocycles. The Morgan fingerprint density at radius 2 is 2.20 bits per heavy atom. The quantitative estimate of drug-likeness (QED) is 0.781. The lowest BCUT2D eigenvalue weighted by Gasteiger charge is -2.19. The molecule has 1 saturated heterocycles. The first-order valence-corrected chi connectivity index (χ1v) is 4.69. The van der Waals surface area contributed by atoms with Gasteiger partial charge in [-0.3, -0.25) is 0 Å². The Labute approximate surface area is 83.8 Å². The molecule has 0 spiro atoms. The summed E-state index contributed by atoms with van der Waals surface area (Å²) in [6.07, 6.45) is -2.84. The molecule has 0 saturated carbocycles. The molecule has 1 aliphatic rings. The zero-order valence-electron chi connectivity index (χ0n) is 7.84. The van der Waals surface area contributed by atoms with Gasteiger partial charge in [-0.25, -0.2) is 0 Å². The van der Waals surface area contributed by atoms with Crippen molar-refractivity contribution in [1.29, 1.82) is 0 Å². The second kappa shape index (κ2) is 3.80. The summed E-state index contributed by atoms with van der Waals surface area (Å²) < 4.78 is 40.6. The van der Waals surface area contributed by atoms with Crippen LogP contribution in [0.25, 0.3) is 0 Å². The maximum absolute atomic E-state index is 12.2. The topological polar surface area (TPSA) is 51.0 Å². The van der Waals surface area contributed by atoms with Crippen molar-refractivity contribution in [3.05, 3.63) is 11.7 Å². The highest BCUT2D eigenvalue weighted by atomic mass is 19.4. The van der Waals surface area contributed by atoms with Gasteiger partial charge in [-0.05, 0) is 19.4 Å². The maximum Gasteiger partial charge on any atom is 0.471 e. The highest BCUT2D eigenvalue weighted by Gasteiger charge is 2.39. The summed E-state index contributed by atoms with van der Waals surface area (Å²) in [5, 5.41) is 6.44. The molecule has 15 heavy (non-hydrogen) atoms. The first-order valence-electron chi connectivity index (χ1n) is 4.69. The van der Waals surface area contributed by atoms with E-state index in [4.69, 9.17) is 0 Å². The molecule has 0 aromatic carbocycles. The lowest BCUT2D eigenvalue weighted by Crippen LogP contribution is -2.29. The van der Waals surface area contributed by atoms with E-state index >= 15 is 0 Å². The number of hydrogen-bond donors (Lipinski definition) is 1.